The maximum Gasteiger partial charge on any atom is 0.273 e. The molecule has 1 aliphatic heterocycles. The third kappa shape index (κ3) is 4.05. The normalized spacial score (nSPS) is 18.8. The first-order valence-corrected chi connectivity index (χ1v) is 7.82. The number of likely N-dealkylation sites (tertiary alicyclic amines) is 1. The molecular weight excluding hydrogens is 321 g/mol. The number of nitrogens with one attached hydrogen (secondary N) is 2. The van der Waals surface area contributed by atoms with Crippen molar-refractivity contribution in [2.24, 2.45) is 0 Å². The van der Waals surface area contributed by atoms with E-state index < -0.39 is 0 Å². The second kappa shape index (κ2) is 7.06. The number of rotatable bonds is 4. The molecule has 8 heteroatoms. The van der Waals surface area contributed by atoms with Crippen molar-refractivity contribution >= 4 is 17.5 Å². The molecule has 1 amide bonds. The topological polar surface area (TPSA) is 73.9 Å². The molecule has 0 unspecified atom stereocenters. The smallest absolute Gasteiger partial charge is 0.273 e. The monoisotopic (exact) mass is 337 g/mol. The lowest BCUT2D eigenvalue weighted by Crippen LogP contribution is -2.47. The van der Waals surface area contributed by atoms with E-state index in [0.717, 1.165) is 31.5 Å². The van der Waals surface area contributed by atoms with Crippen LogP contribution in [0.4, 0.5) is 4.39 Å². The minimum absolute atomic E-state index is 0.0483. The van der Waals surface area contributed by atoms with Crippen LogP contribution >= 0.6 is 11.6 Å². The Labute approximate surface area is 138 Å². The Morgan fingerprint density at radius 3 is 3.13 bits per heavy atom. The average Bonchev–Trinajstić information content (AvgIpc) is 3.05. The molecule has 1 saturated heterocycles. The number of halogens is 2. The zero-order chi connectivity index (χ0) is 16.2. The molecule has 2 heterocycles. The van der Waals surface area contributed by atoms with Gasteiger partial charge in [-0.1, -0.05) is 17.7 Å². The van der Waals surface area contributed by atoms with Gasteiger partial charge in [-0.2, -0.15) is 15.4 Å². The van der Waals surface area contributed by atoms with Crippen LogP contribution in [0.5, 0.6) is 0 Å². The summed E-state index contributed by atoms with van der Waals surface area (Å²) in [5.74, 6) is -0.569. The van der Waals surface area contributed by atoms with Gasteiger partial charge in [-0.15, -0.1) is 0 Å². The van der Waals surface area contributed by atoms with Gasteiger partial charge in [0.15, 0.2) is 5.69 Å². The summed E-state index contributed by atoms with van der Waals surface area (Å²) in [6.07, 6.45) is 3.29. The molecule has 1 atom stereocenters. The number of benzene rings is 1. The van der Waals surface area contributed by atoms with Gasteiger partial charge in [-0.05, 0) is 37.1 Å². The number of piperidine rings is 1. The van der Waals surface area contributed by atoms with Gasteiger partial charge in [0, 0.05) is 24.2 Å². The fourth-order valence-electron chi connectivity index (χ4n) is 2.78. The molecule has 2 aromatic rings. The van der Waals surface area contributed by atoms with Crippen molar-refractivity contribution < 1.29 is 9.18 Å². The van der Waals surface area contributed by atoms with Crippen LogP contribution in [-0.4, -0.2) is 45.3 Å². The Hall–Kier alpha value is -1.99. The average molecular weight is 338 g/mol. The number of H-pyrrole nitrogens is 1. The Morgan fingerprint density at radius 1 is 1.52 bits per heavy atom. The van der Waals surface area contributed by atoms with Gasteiger partial charge >= 0.3 is 0 Å². The lowest BCUT2D eigenvalue weighted by Gasteiger charge is -2.33. The molecule has 0 spiro atoms. The first-order chi connectivity index (χ1) is 11.1. The van der Waals surface area contributed by atoms with Crippen LogP contribution in [0.15, 0.2) is 24.4 Å². The summed E-state index contributed by atoms with van der Waals surface area (Å²) in [7, 11) is 0. The van der Waals surface area contributed by atoms with E-state index in [0.29, 0.717) is 11.6 Å². The highest BCUT2D eigenvalue weighted by Gasteiger charge is 2.23. The third-order valence-corrected chi connectivity index (χ3v) is 4.25. The number of aromatic nitrogens is 3. The minimum atomic E-state index is -0.338. The fourth-order valence-corrected chi connectivity index (χ4v) is 3.01. The number of amides is 1. The van der Waals surface area contributed by atoms with Gasteiger partial charge in [0.25, 0.3) is 5.91 Å². The quantitative estimate of drug-likeness (QED) is 0.895. The van der Waals surface area contributed by atoms with Gasteiger partial charge < -0.3 is 5.32 Å². The lowest BCUT2D eigenvalue weighted by atomic mass is 10.0. The standard InChI is InChI=1S/C15H17ClFN5O/c16-13-6-11(17)4-3-10(13)8-22-5-1-2-12(9-22)19-15(23)14-7-18-21-20-14/h3-4,6-7,12H,1-2,5,8-9H2,(H,19,23)(H,18,20,21)/t12-/m0/s1. The van der Waals surface area contributed by atoms with E-state index in [1.807, 2.05) is 0 Å². The zero-order valence-electron chi connectivity index (χ0n) is 12.4. The van der Waals surface area contributed by atoms with Crippen LogP contribution in [0.3, 0.4) is 0 Å². The second-order valence-electron chi connectivity index (χ2n) is 5.64. The lowest BCUT2D eigenvalue weighted by molar-refractivity contribution is 0.0895. The van der Waals surface area contributed by atoms with E-state index in [9.17, 15) is 9.18 Å². The van der Waals surface area contributed by atoms with Crippen LogP contribution in [0, 0.1) is 5.82 Å². The van der Waals surface area contributed by atoms with Gasteiger partial charge in [0.1, 0.15) is 5.82 Å². The van der Waals surface area contributed by atoms with Crippen molar-refractivity contribution in [1.82, 2.24) is 25.6 Å². The maximum absolute atomic E-state index is 13.1. The van der Waals surface area contributed by atoms with Crippen LogP contribution in [0.2, 0.25) is 5.02 Å². The van der Waals surface area contributed by atoms with Crippen molar-refractivity contribution in [2.45, 2.75) is 25.4 Å². The Morgan fingerprint density at radius 2 is 2.39 bits per heavy atom. The summed E-state index contributed by atoms with van der Waals surface area (Å²) in [5.41, 5.74) is 1.17. The summed E-state index contributed by atoms with van der Waals surface area (Å²) in [5, 5.41) is 13.2. The number of carbonyl (C=O) groups is 1. The molecule has 6 nitrogen and oxygen atoms in total. The predicted molar refractivity (Wildman–Crippen MR) is 83.6 cm³/mol. The number of nitrogens with zero attached hydrogens (tertiary/aromatic N) is 3. The number of hydrogen-bond acceptors (Lipinski definition) is 4. The first-order valence-electron chi connectivity index (χ1n) is 7.45. The number of carbonyl (C=O) groups excluding carboxylic acids is 1. The van der Waals surface area contributed by atoms with Crippen molar-refractivity contribution in [3.8, 4) is 0 Å². The molecule has 1 aromatic carbocycles. The molecule has 23 heavy (non-hydrogen) atoms. The molecule has 1 fully saturated rings. The Balaban J connectivity index is 1.58. The highest BCUT2D eigenvalue weighted by atomic mass is 35.5. The molecule has 0 bridgehead atoms. The van der Waals surface area contributed by atoms with Gasteiger partial charge in [0.05, 0.1) is 6.20 Å². The second-order valence-corrected chi connectivity index (χ2v) is 6.05. The molecule has 3 rings (SSSR count). The van der Waals surface area contributed by atoms with E-state index in [4.69, 9.17) is 11.6 Å². The Bertz CT molecular complexity index is 679. The molecule has 0 saturated carbocycles. The summed E-state index contributed by atoms with van der Waals surface area (Å²) in [4.78, 5) is 14.2. The Kier molecular flexibility index (Phi) is 4.88. The van der Waals surface area contributed by atoms with Gasteiger partial charge in [-0.3, -0.25) is 9.69 Å². The highest BCUT2D eigenvalue weighted by molar-refractivity contribution is 6.31. The van der Waals surface area contributed by atoms with E-state index in [2.05, 4.69) is 25.6 Å². The van der Waals surface area contributed by atoms with E-state index in [-0.39, 0.29) is 23.5 Å². The molecule has 1 aromatic heterocycles. The van der Waals surface area contributed by atoms with E-state index in [1.165, 1.54) is 18.3 Å². The molecule has 122 valence electrons. The number of hydrogen-bond donors (Lipinski definition) is 2. The maximum atomic E-state index is 13.1. The van der Waals surface area contributed by atoms with E-state index in [1.54, 1.807) is 6.07 Å². The summed E-state index contributed by atoms with van der Waals surface area (Å²) < 4.78 is 13.1. The molecule has 1 aliphatic rings. The van der Waals surface area contributed by atoms with Crippen LogP contribution < -0.4 is 5.32 Å². The molecule has 0 radical (unpaired) electrons. The third-order valence-electron chi connectivity index (χ3n) is 3.90. The molecule has 0 aliphatic carbocycles. The molecule has 2 N–H and O–H groups in total. The summed E-state index contributed by atoms with van der Waals surface area (Å²) in [6, 6.07) is 4.49. The highest BCUT2D eigenvalue weighted by Crippen LogP contribution is 2.21. The van der Waals surface area contributed by atoms with E-state index >= 15 is 0 Å². The molecular formula is C15H17ClFN5O. The summed E-state index contributed by atoms with van der Waals surface area (Å²) in [6.45, 7) is 2.27. The van der Waals surface area contributed by atoms with Crippen LogP contribution in [0.25, 0.3) is 0 Å². The van der Waals surface area contributed by atoms with Gasteiger partial charge in [0.2, 0.25) is 0 Å². The fraction of sp³-hybridized carbons (Fsp3) is 0.400. The van der Waals surface area contributed by atoms with Crippen molar-refractivity contribution in [3.05, 3.63) is 46.5 Å². The minimum Gasteiger partial charge on any atom is -0.347 e. The first kappa shape index (κ1) is 15.9. The number of aromatic amines is 1. The van der Waals surface area contributed by atoms with Crippen molar-refractivity contribution in [1.29, 1.82) is 0 Å². The predicted octanol–water partition coefficient (Wildman–Crippen LogP) is 1.99. The largest absolute Gasteiger partial charge is 0.347 e. The van der Waals surface area contributed by atoms with Crippen molar-refractivity contribution in [3.63, 3.8) is 0 Å². The SMILES string of the molecule is O=C(N[C@H]1CCCN(Cc2ccc(F)cc2Cl)C1)c1cn[nH]n1. The van der Waals surface area contributed by atoms with Crippen LogP contribution in [-0.2, 0) is 6.54 Å². The van der Waals surface area contributed by atoms with Crippen LogP contribution in [0.1, 0.15) is 28.9 Å². The zero-order valence-corrected chi connectivity index (χ0v) is 13.2. The van der Waals surface area contributed by atoms with Crippen molar-refractivity contribution in [2.75, 3.05) is 13.1 Å². The van der Waals surface area contributed by atoms with Gasteiger partial charge in [-0.25, -0.2) is 4.39 Å². The summed E-state index contributed by atoms with van der Waals surface area (Å²) >= 11 is 6.08.